The Balaban J connectivity index is 1.47. The Kier molecular flexibility index (Phi) is 5.63. The molecule has 2 fully saturated rings. The van der Waals surface area contributed by atoms with Crippen LogP contribution in [0.5, 0.6) is 0 Å². The number of ether oxygens (including phenoxy) is 2. The molecule has 32 heavy (non-hydrogen) atoms. The maximum absolute atomic E-state index is 13.0. The smallest absolute Gasteiger partial charge is 0.414 e. The minimum atomic E-state index is -0.332. The molecule has 1 saturated carbocycles. The van der Waals surface area contributed by atoms with Crippen molar-refractivity contribution in [2.45, 2.75) is 64.1 Å². The van der Waals surface area contributed by atoms with Gasteiger partial charge < -0.3 is 14.4 Å². The average Bonchev–Trinajstić information content (AvgIpc) is 3.26. The zero-order valence-corrected chi connectivity index (χ0v) is 18.7. The number of carbonyl (C=O) groups is 2. The number of fused-ring (bicyclic) bond motifs is 1. The first-order chi connectivity index (χ1) is 15.5. The predicted octanol–water partition coefficient (Wildman–Crippen LogP) is 4.15. The highest BCUT2D eigenvalue weighted by molar-refractivity contribution is 6.03. The maximum Gasteiger partial charge on any atom is 0.414 e. The van der Waals surface area contributed by atoms with Crippen molar-refractivity contribution in [3.8, 4) is 11.1 Å². The van der Waals surface area contributed by atoms with E-state index in [1.165, 1.54) is 0 Å². The fourth-order valence-corrected chi connectivity index (χ4v) is 4.79. The molecule has 170 valence electrons. The standard InChI is InChI=1S/C24H30N4O4/c1-16-14-26(24(30)32-21-4-3-5-21)23-12-18(6-7-22(23)28(16)17(2)29)19-13-25-27(15-19)20-8-10-31-11-9-20/h6-7,12-13,15-16,20-21H,3-5,8-11,14H2,1-2H3/t16-/m0/s1. The number of benzene rings is 1. The van der Waals surface area contributed by atoms with Crippen LogP contribution >= 0.6 is 0 Å². The van der Waals surface area contributed by atoms with Gasteiger partial charge in [0.05, 0.1) is 29.7 Å². The Hall–Kier alpha value is -2.87. The topological polar surface area (TPSA) is 76.9 Å². The minimum Gasteiger partial charge on any atom is -0.446 e. The van der Waals surface area contributed by atoms with E-state index in [1.807, 2.05) is 36.0 Å². The average molecular weight is 439 g/mol. The van der Waals surface area contributed by atoms with Crippen molar-refractivity contribution in [3.05, 3.63) is 30.6 Å². The zero-order chi connectivity index (χ0) is 22.2. The molecule has 2 aromatic rings. The summed E-state index contributed by atoms with van der Waals surface area (Å²) in [5.41, 5.74) is 3.39. The number of nitrogens with zero attached hydrogens (tertiary/aromatic N) is 4. The second-order valence-corrected chi connectivity index (χ2v) is 9.04. The molecule has 1 atom stereocenters. The van der Waals surface area contributed by atoms with Gasteiger partial charge >= 0.3 is 6.09 Å². The lowest BCUT2D eigenvalue weighted by Crippen LogP contribution is -2.52. The summed E-state index contributed by atoms with van der Waals surface area (Å²) in [5, 5.41) is 4.59. The molecular weight excluding hydrogens is 408 g/mol. The molecule has 5 rings (SSSR count). The Bertz CT molecular complexity index is 1010. The first-order valence-electron chi connectivity index (χ1n) is 11.6. The largest absolute Gasteiger partial charge is 0.446 e. The van der Waals surface area contributed by atoms with Crippen LogP contribution in [0.25, 0.3) is 11.1 Å². The number of carbonyl (C=O) groups excluding carboxylic acids is 2. The van der Waals surface area contributed by atoms with Gasteiger partial charge in [0.2, 0.25) is 5.91 Å². The van der Waals surface area contributed by atoms with Gasteiger partial charge in [-0.15, -0.1) is 0 Å². The van der Waals surface area contributed by atoms with Crippen molar-refractivity contribution < 1.29 is 19.1 Å². The van der Waals surface area contributed by atoms with E-state index in [1.54, 1.807) is 16.7 Å². The molecule has 0 N–H and O–H groups in total. The van der Waals surface area contributed by atoms with Gasteiger partial charge in [0.1, 0.15) is 6.10 Å². The van der Waals surface area contributed by atoms with Gasteiger partial charge in [-0.1, -0.05) is 6.07 Å². The second kappa shape index (κ2) is 8.58. The summed E-state index contributed by atoms with van der Waals surface area (Å²) in [4.78, 5) is 28.8. The Morgan fingerprint density at radius 1 is 1.09 bits per heavy atom. The van der Waals surface area contributed by atoms with Gasteiger partial charge in [0, 0.05) is 38.4 Å². The molecule has 1 aromatic heterocycles. The van der Waals surface area contributed by atoms with E-state index < -0.39 is 0 Å². The first kappa shape index (κ1) is 21.0. The van der Waals surface area contributed by atoms with E-state index in [-0.39, 0.29) is 24.1 Å². The van der Waals surface area contributed by atoms with Gasteiger partial charge in [0.25, 0.3) is 0 Å². The van der Waals surface area contributed by atoms with Crippen LogP contribution in [-0.4, -0.2) is 53.7 Å². The molecule has 3 heterocycles. The summed E-state index contributed by atoms with van der Waals surface area (Å²) in [6.07, 6.45) is 8.46. The molecule has 8 nitrogen and oxygen atoms in total. The third-order valence-corrected chi connectivity index (χ3v) is 6.79. The number of amides is 2. The fraction of sp³-hybridized carbons (Fsp3) is 0.542. The van der Waals surface area contributed by atoms with Crippen molar-refractivity contribution >= 4 is 23.4 Å². The van der Waals surface area contributed by atoms with Crippen LogP contribution in [0.2, 0.25) is 0 Å². The van der Waals surface area contributed by atoms with Crippen LogP contribution in [-0.2, 0) is 14.3 Å². The molecule has 1 aliphatic carbocycles. The second-order valence-electron chi connectivity index (χ2n) is 9.04. The van der Waals surface area contributed by atoms with Gasteiger partial charge in [0.15, 0.2) is 0 Å². The Morgan fingerprint density at radius 3 is 2.56 bits per heavy atom. The highest BCUT2D eigenvalue weighted by Crippen LogP contribution is 2.40. The lowest BCUT2D eigenvalue weighted by Gasteiger charge is -2.41. The summed E-state index contributed by atoms with van der Waals surface area (Å²) in [7, 11) is 0. The molecule has 0 radical (unpaired) electrons. The molecule has 0 unspecified atom stereocenters. The summed E-state index contributed by atoms with van der Waals surface area (Å²) in [5.74, 6) is -0.0363. The summed E-state index contributed by atoms with van der Waals surface area (Å²) in [6, 6.07) is 6.11. The predicted molar refractivity (Wildman–Crippen MR) is 121 cm³/mol. The van der Waals surface area contributed by atoms with E-state index in [4.69, 9.17) is 9.47 Å². The Labute approximate surface area is 188 Å². The SMILES string of the molecule is CC(=O)N1c2ccc(-c3cnn(C4CCOCC4)c3)cc2N(C(=O)OC2CCC2)C[C@@H]1C. The van der Waals surface area contributed by atoms with Gasteiger partial charge in [-0.25, -0.2) is 4.79 Å². The molecule has 8 heteroatoms. The van der Waals surface area contributed by atoms with E-state index >= 15 is 0 Å². The molecule has 0 spiro atoms. The first-order valence-corrected chi connectivity index (χ1v) is 11.6. The normalized spacial score (nSPS) is 21.8. The van der Waals surface area contributed by atoms with Crippen molar-refractivity contribution in [1.29, 1.82) is 0 Å². The maximum atomic E-state index is 13.0. The summed E-state index contributed by atoms with van der Waals surface area (Å²) in [6.45, 7) is 5.45. The number of hydrogen-bond donors (Lipinski definition) is 0. The summed E-state index contributed by atoms with van der Waals surface area (Å²) >= 11 is 0. The molecule has 1 aromatic carbocycles. The number of rotatable bonds is 3. The summed E-state index contributed by atoms with van der Waals surface area (Å²) < 4.78 is 13.2. The molecule has 1 saturated heterocycles. The van der Waals surface area contributed by atoms with Crippen LogP contribution in [0.15, 0.2) is 30.6 Å². The lowest BCUT2D eigenvalue weighted by molar-refractivity contribution is -0.117. The zero-order valence-electron chi connectivity index (χ0n) is 18.7. The van der Waals surface area contributed by atoms with Gasteiger partial charge in [-0.05, 0) is 56.7 Å². The number of aromatic nitrogens is 2. The van der Waals surface area contributed by atoms with E-state index in [0.717, 1.165) is 62.1 Å². The highest BCUT2D eigenvalue weighted by atomic mass is 16.6. The number of hydrogen-bond acceptors (Lipinski definition) is 5. The van der Waals surface area contributed by atoms with Crippen LogP contribution in [0, 0.1) is 0 Å². The molecule has 3 aliphatic rings. The monoisotopic (exact) mass is 438 g/mol. The third kappa shape index (κ3) is 3.88. The fourth-order valence-electron chi connectivity index (χ4n) is 4.79. The van der Waals surface area contributed by atoms with Crippen LogP contribution in [0.1, 0.15) is 52.0 Å². The van der Waals surface area contributed by atoms with E-state index in [2.05, 4.69) is 11.3 Å². The van der Waals surface area contributed by atoms with Crippen LogP contribution < -0.4 is 9.80 Å². The van der Waals surface area contributed by atoms with Crippen LogP contribution in [0.4, 0.5) is 16.2 Å². The minimum absolute atomic E-state index is 0.00739. The van der Waals surface area contributed by atoms with Gasteiger partial charge in [-0.3, -0.25) is 14.4 Å². The molecular formula is C24H30N4O4. The molecule has 0 bridgehead atoms. The molecule has 2 aliphatic heterocycles. The van der Waals surface area contributed by atoms with Crippen molar-refractivity contribution in [1.82, 2.24) is 9.78 Å². The van der Waals surface area contributed by atoms with Gasteiger partial charge in [-0.2, -0.15) is 5.10 Å². The molecule has 2 amide bonds. The van der Waals surface area contributed by atoms with Crippen molar-refractivity contribution in [2.24, 2.45) is 0 Å². The van der Waals surface area contributed by atoms with Crippen LogP contribution in [0.3, 0.4) is 0 Å². The van der Waals surface area contributed by atoms with Crippen molar-refractivity contribution in [2.75, 3.05) is 29.6 Å². The van der Waals surface area contributed by atoms with Crippen molar-refractivity contribution in [3.63, 3.8) is 0 Å². The van der Waals surface area contributed by atoms with E-state index in [0.29, 0.717) is 18.3 Å². The third-order valence-electron chi connectivity index (χ3n) is 6.79. The lowest BCUT2D eigenvalue weighted by atomic mass is 9.96. The quantitative estimate of drug-likeness (QED) is 0.719. The highest BCUT2D eigenvalue weighted by Gasteiger charge is 2.36. The number of anilines is 2. The van der Waals surface area contributed by atoms with E-state index in [9.17, 15) is 9.59 Å². The Morgan fingerprint density at radius 2 is 1.88 bits per heavy atom.